The lowest BCUT2D eigenvalue weighted by atomic mass is 10.3. The molecule has 1 rings (SSSR count). The maximum Gasteiger partial charge on any atom is 0.195 e. The summed E-state index contributed by atoms with van der Waals surface area (Å²) < 4.78 is 0. The molecular formula is C8H16N4O. The zero-order valence-electron chi connectivity index (χ0n) is 7.99. The first-order valence-electron chi connectivity index (χ1n) is 4.71. The van der Waals surface area contributed by atoms with Gasteiger partial charge in [-0.25, -0.2) is 0 Å². The summed E-state index contributed by atoms with van der Waals surface area (Å²) in [6.07, 6.45) is 2.29. The highest BCUT2D eigenvalue weighted by Gasteiger charge is 2.15. The summed E-state index contributed by atoms with van der Waals surface area (Å²) in [5, 5.41) is 6.05. The topological polar surface area (TPSA) is 57.1 Å². The molecule has 0 aromatic rings. The van der Waals surface area contributed by atoms with E-state index in [4.69, 9.17) is 0 Å². The van der Waals surface area contributed by atoms with Crippen molar-refractivity contribution in [3.8, 4) is 0 Å². The predicted molar refractivity (Wildman–Crippen MR) is 52.6 cm³/mol. The molecule has 0 aliphatic carbocycles. The monoisotopic (exact) mass is 184 g/mol. The maximum atomic E-state index is 10.1. The fourth-order valence-electron chi connectivity index (χ4n) is 1.23. The molecule has 0 radical (unpaired) electrons. The Kier molecular flexibility index (Phi) is 4.21. The molecule has 0 saturated carbocycles. The smallest absolute Gasteiger partial charge is 0.195 e. The summed E-state index contributed by atoms with van der Waals surface area (Å²) >= 11 is 0. The van der Waals surface area contributed by atoms with Crippen LogP contribution >= 0.6 is 0 Å². The van der Waals surface area contributed by atoms with E-state index in [2.05, 4.69) is 22.4 Å². The number of aliphatic imine (C=N–C) groups is 1. The Morgan fingerprint density at radius 1 is 1.69 bits per heavy atom. The summed E-state index contributed by atoms with van der Waals surface area (Å²) in [6, 6.07) is 0. The van der Waals surface area contributed by atoms with Crippen molar-refractivity contribution in [2.45, 2.75) is 19.8 Å². The highest BCUT2D eigenvalue weighted by Crippen LogP contribution is 1.99. The molecule has 5 nitrogen and oxygen atoms in total. The van der Waals surface area contributed by atoms with Crippen LogP contribution in [0.4, 0.5) is 0 Å². The quantitative estimate of drug-likeness (QED) is 0.507. The fourth-order valence-corrected chi connectivity index (χ4v) is 1.23. The lowest BCUT2D eigenvalue weighted by molar-refractivity contribution is 0.454. The van der Waals surface area contributed by atoms with Gasteiger partial charge in [-0.1, -0.05) is 13.3 Å². The molecular weight excluding hydrogens is 168 g/mol. The van der Waals surface area contributed by atoms with Gasteiger partial charge in [0, 0.05) is 13.1 Å². The van der Waals surface area contributed by atoms with Crippen LogP contribution in [0.1, 0.15) is 19.8 Å². The van der Waals surface area contributed by atoms with Gasteiger partial charge in [0.1, 0.15) is 0 Å². The lowest BCUT2D eigenvalue weighted by Gasteiger charge is -2.16. The molecule has 0 amide bonds. The van der Waals surface area contributed by atoms with Crippen molar-refractivity contribution in [2.24, 2.45) is 10.2 Å². The average Bonchev–Trinajstić information content (AvgIpc) is 2.54. The Balaban J connectivity index is 2.26. The summed E-state index contributed by atoms with van der Waals surface area (Å²) in [6.45, 7) is 4.84. The highest BCUT2D eigenvalue weighted by molar-refractivity contribution is 5.81. The summed E-state index contributed by atoms with van der Waals surface area (Å²) in [5.41, 5.74) is 0. The zero-order valence-corrected chi connectivity index (χ0v) is 7.99. The zero-order chi connectivity index (χ0) is 9.52. The third-order valence-corrected chi connectivity index (χ3v) is 1.97. The van der Waals surface area contributed by atoms with E-state index in [9.17, 15) is 4.91 Å². The van der Waals surface area contributed by atoms with E-state index in [1.54, 1.807) is 0 Å². The molecule has 0 fully saturated rings. The normalized spacial score (nSPS) is 15.8. The van der Waals surface area contributed by atoms with Gasteiger partial charge in [-0.2, -0.15) is 0 Å². The van der Waals surface area contributed by atoms with Crippen molar-refractivity contribution in [3.05, 3.63) is 4.91 Å². The number of unbranched alkanes of at least 4 members (excludes halogenated alkanes) is 1. The molecule has 0 bridgehead atoms. The number of hydrogen-bond donors (Lipinski definition) is 1. The molecule has 13 heavy (non-hydrogen) atoms. The molecule has 1 aliphatic rings. The van der Waals surface area contributed by atoms with Gasteiger partial charge in [0.2, 0.25) is 0 Å². The van der Waals surface area contributed by atoms with E-state index in [1.807, 2.05) is 4.90 Å². The molecule has 5 heteroatoms. The van der Waals surface area contributed by atoms with E-state index >= 15 is 0 Å². The summed E-state index contributed by atoms with van der Waals surface area (Å²) in [4.78, 5) is 16.2. The molecule has 0 saturated heterocycles. The molecule has 1 aliphatic heterocycles. The number of nitrogens with zero attached hydrogens (tertiary/aromatic N) is 3. The fraction of sp³-hybridized carbons (Fsp3) is 0.875. The Labute approximate surface area is 78.2 Å². The van der Waals surface area contributed by atoms with Gasteiger partial charge in [-0.15, -0.1) is 4.91 Å². The van der Waals surface area contributed by atoms with Crippen molar-refractivity contribution in [1.82, 2.24) is 10.2 Å². The van der Waals surface area contributed by atoms with Crippen LogP contribution in [0.15, 0.2) is 10.2 Å². The second kappa shape index (κ2) is 5.50. The summed E-state index contributed by atoms with van der Waals surface area (Å²) in [7, 11) is 0. The van der Waals surface area contributed by atoms with Crippen molar-refractivity contribution < 1.29 is 0 Å². The van der Waals surface area contributed by atoms with E-state index < -0.39 is 0 Å². The first kappa shape index (κ1) is 9.95. The van der Waals surface area contributed by atoms with Crippen molar-refractivity contribution in [3.63, 3.8) is 0 Å². The molecule has 0 aromatic heterocycles. The molecule has 74 valence electrons. The van der Waals surface area contributed by atoms with Crippen LogP contribution in [0.3, 0.4) is 0 Å². The number of guanidine groups is 1. The van der Waals surface area contributed by atoms with Gasteiger partial charge < -0.3 is 10.2 Å². The van der Waals surface area contributed by atoms with Crippen molar-refractivity contribution >= 4 is 5.96 Å². The third-order valence-electron chi connectivity index (χ3n) is 1.97. The van der Waals surface area contributed by atoms with Gasteiger partial charge in [-0.3, -0.25) is 4.99 Å². The molecule has 0 atom stereocenters. The van der Waals surface area contributed by atoms with E-state index in [0.29, 0.717) is 0 Å². The molecule has 1 N–H and O–H groups in total. The Morgan fingerprint density at radius 2 is 2.54 bits per heavy atom. The largest absolute Gasteiger partial charge is 0.356 e. The predicted octanol–water partition coefficient (Wildman–Crippen LogP) is 0.772. The van der Waals surface area contributed by atoms with E-state index in [0.717, 1.165) is 38.4 Å². The van der Waals surface area contributed by atoms with Crippen LogP contribution in [0, 0.1) is 4.91 Å². The first-order chi connectivity index (χ1) is 6.38. The van der Waals surface area contributed by atoms with Gasteiger partial charge in [-0.05, 0) is 11.6 Å². The number of hydrogen-bond acceptors (Lipinski definition) is 5. The van der Waals surface area contributed by atoms with Crippen LogP contribution in [0.2, 0.25) is 0 Å². The minimum Gasteiger partial charge on any atom is -0.356 e. The molecule has 0 unspecified atom stereocenters. The SMILES string of the molecule is CCCCNC1=NCCN1CN=O. The van der Waals surface area contributed by atoms with Crippen LogP contribution in [0.25, 0.3) is 0 Å². The Bertz CT molecular complexity index is 193. The average molecular weight is 184 g/mol. The minimum absolute atomic E-state index is 0.206. The van der Waals surface area contributed by atoms with Gasteiger partial charge in [0.25, 0.3) is 0 Å². The van der Waals surface area contributed by atoms with Gasteiger partial charge in [0.05, 0.1) is 6.54 Å². The second-order valence-corrected chi connectivity index (χ2v) is 3.02. The van der Waals surface area contributed by atoms with Crippen LogP contribution in [0.5, 0.6) is 0 Å². The first-order valence-corrected chi connectivity index (χ1v) is 4.71. The van der Waals surface area contributed by atoms with Gasteiger partial charge >= 0.3 is 0 Å². The van der Waals surface area contributed by atoms with E-state index in [1.165, 1.54) is 0 Å². The number of nitroso groups, excluding NO2 is 1. The van der Waals surface area contributed by atoms with Crippen molar-refractivity contribution in [1.29, 1.82) is 0 Å². The third kappa shape index (κ3) is 3.01. The standard InChI is InChI=1S/C8H16N4O/c1-2-3-4-9-8-10-5-6-12(8)7-11-13/h2-7H2,1H3,(H,9,10). The second-order valence-electron chi connectivity index (χ2n) is 3.02. The summed E-state index contributed by atoms with van der Waals surface area (Å²) in [5.74, 6) is 0.827. The maximum absolute atomic E-state index is 10.1. The minimum atomic E-state index is 0.206. The van der Waals surface area contributed by atoms with Crippen molar-refractivity contribution in [2.75, 3.05) is 26.3 Å². The highest BCUT2D eigenvalue weighted by atomic mass is 16.3. The molecule has 0 aromatic carbocycles. The lowest BCUT2D eigenvalue weighted by Crippen LogP contribution is -2.38. The van der Waals surface area contributed by atoms with Crippen LogP contribution in [-0.2, 0) is 0 Å². The Hall–Kier alpha value is -1.13. The van der Waals surface area contributed by atoms with Crippen LogP contribution in [-0.4, -0.2) is 37.2 Å². The number of rotatable bonds is 5. The van der Waals surface area contributed by atoms with Crippen LogP contribution < -0.4 is 5.32 Å². The molecule has 1 heterocycles. The Morgan fingerprint density at radius 3 is 3.23 bits per heavy atom. The van der Waals surface area contributed by atoms with E-state index in [-0.39, 0.29) is 6.67 Å². The molecule has 0 spiro atoms. The number of nitrogens with one attached hydrogen (secondary N) is 1. The van der Waals surface area contributed by atoms with Gasteiger partial charge in [0.15, 0.2) is 12.6 Å².